The number of carbonyl (C=O) groups excluding carboxylic acids is 3. The van der Waals surface area contributed by atoms with Crippen LogP contribution in [0.25, 0.3) is 0 Å². The molecule has 0 aliphatic carbocycles. The lowest BCUT2D eigenvalue weighted by Crippen LogP contribution is -2.24. The van der Waals surface area contributed by atoms with Crippen molar-refractivity contribution in [1.82, 2.24) is 9.97 Å². The lowest BCUT2D eigenvalue weighted by Gasteiger charge is -2.10. The van der Waals surface area contributed by atoms with Gasteiger partial charge in [0.1, 0.15) is 0 Å². The average Bonchev–Trinajstić information content (AvgIpc) is 2.21. The third-order valence-electron chi connectivity index (χ3n) is 1.81. The predicted molar refractivity (Wildman–Crippen MR) is 67.8 cm³/mol. The van der Waals surface area contributed by atoms with Crippen molar-refractivity contribution in [3.05, 3.63) is 10.4 Å². The van der Waals surface area contributed by atoms with Crippen molar-refractivity contribution in [1.29, 1.82) is 0 Å². The van der Waals surface area contributed by atoms with Crippen LogP contribution in [0.3, 0.4) is 0 Å². The molecule has 1 rings (SSSR count). The van der Waals surface area contributed by atoms with Gasteiger partial charge in [0.15, 0.2) is 11.5 Å². The van der Waals surface area contributed by atoms with Crippen molar-refractivity contribution in [3.8, 4) is 0 Å². The molecule has 0 unspecified atom stereocenters. The molecule has 0 saturated carbocycles. The van der Waals surface area contributed by atoms with Crippen LogP contribution < -0.4 is 21.5 Å². The van der Waals surface area contributed by atoms with Crippen LogP contribution in [-0.4, -0.2) is 27.7 Å². The van der Waals surface area contributed by atoms with E-state index >= 15 is 0 Å². The fourth-order valence-electron chi connectivity index (χ4n) is 1.25. The summed E-state index contributed by atoms with van der Waals surface area (Å²) in [4.78, 5) is 50.8. The summed E-state index contributed by atoms with van der Waals surface area (Å²) in [6.07, 6.45) is 0. The lowest BCUT2D eigenvalue weighted by molar-refractivity contribution is -0.115. The predicted octanol–water partition coefficient (Wildman–Crippen LogP) is -0.355. The fourth-order valence-corrected chi connectivity index (χ4v) is 1.25. The van der Waals surface area contributed by atoms with Crippen LogP contribution in [0.1, 0.15) is 20.8 Å². The maximum atomic E-state index is 11.7. The number of nitrogens with zero attached hydrogens (tertiary/aromatic N) is 1. The van der Waals surface area contributed by atoms with Crippen LogP contribution >= 0.6 is 0 Å². The zero-order chi connectivity index (χ0) is 14.6. The van der Waals surface area contributed by atoms with Crippen LogP contribution in [0.5, 0.6) is 0 Å². The SMILES string of the molecule is CC(=O)Nc1nc(NC(C)=O)c(NC(C)=O)c(=O)[nH]1. The van der Waals surface area contributed by atoms with Crippen molar-refractivity contribution in [2.24, 2.45) is 0 Å². The first kappa shape index (κ1) is 14.4. The van der Waals surface area contributed by atoms with Gasteiger partial charge in [-0.2, -0.15) is 4.98 Å². The van der Waals surface area contributed by atoms with E-state index in [2.05, 4.69) is 25.9 Å². The van der Waals surface area contributed by atoms with Gasteiger partial charge >= 0.3 is 0 Å². The molecule has 0 fully saturated rings. The zero-order valence-electron chi connectivity index (χ0n) is 10.6. The number of aromatic amines is 1. The maximum Gasteiger partial charge on any atom is 0.278 e. The molecule has 9 nitrogen and oxygen atoms in total. The van der Waals surface area contributed by atoms with Crippen molar-refractivity contribution in [3.63, 3.8) is 0 Å². The molecule has 0 saturated heterocycles. The molecule has 3 amide bonds. The summed E-state index contributed by atoms with van der Waals surface area (Å²) in [5.41, 5.74) is -0.894. The van der Waals surface area contributed by atoms with Gasteiger partial charge in [0.2, 0.25) is 23.7 Å². The summed E-state index contributed by atoms with van der Waals surface area (Å²) < 4.78 is 0. The number of aromatic nitrogens is 2. The highest BCUT2D eigenvalue weighted by molar-refractivity contribution is 5.97. The van der Waals surface area contributed by atoms with Gasteiger partial charge in [-0.15, -0.1) is 0 Å². The molecule has 19 heavy (non-hydrogen) atoms. The Bertz CT molecular complexity index is 592. The molecule has 0 aliphatic rings. The van der Waals surface area contributed by atoms with E-state index in [-0.39, 0.29) is 17.5 Å². The van der Waals surface area contributed by atoms with Crippen molar-refractivity contribution < 1.29 is 14.4 Å². The molecular formula is C10H13N5O4. The molecular weight excluding hydrogens is 254 g/mol. The smallest absolute Gasteiger partial charge is 0.278 e. The molecule has 0 radical (unpaired) electrons. The largest absolute Gasteiger partial charge is 0.319 e. The topological polar surface area (TPSA) is 133 Å². The minimum Gasteiger partial charge on any atom is -0.319 e. The van der Waals surface area contributed by atoms with E-state index in [0.29, 0.717) is 0 Å². The molecule has 0 aromatic carbocycles. The molecule has 1 aromatic rings. The van der Waals surface area contributed by atoms with E-state index < -0.39 is 23.3 Å². The minimum absolute atomic E-state index is 0.129. The van der Waals surface area contributed by atoms with Gasteiger partial charge in [0, 0.05) is 20.8 Å². The Morgan fingerprint density at radius 2 is 1.47 bits per heavy atom. The molecule has 4 N–H and O–H groups in total. The van der Waals surface area contributed by atoms with Gasteiger partial charge in [0.25, 0.3) is 5.56 Å². The first-order valence-electron chi connectivity index (χ1n) is 5.26. The van der Waals surface area contributed by atoms with Gasteiger partial charge in [-0.1, -0.05) is 0 Å². The summed E-state index contributed by atoms with van der Waals surface area (Å²) in [5.74, 6) is -1.68. The summed E-state index contributed by atoms with van der Waals surface area (Å²) in [5, 5.41) is 6.82. The second-order valence-corrected chi connectivity index (χ2v) is 3.68. The number of hydrogen-bond donors (Lipinski definition) is 4. The van der Waals surface area contributed by atoms with E-state index in [1.165, 1.54) is 20.8 Å². The Balaban J connectivity index is 3.29. The normalized spacial score (nSPS) is 9.63. The van der Waals surface area contributed by atoms with Crippen LogP contribution in [0, 0.1) is 0 Å². The van der Waals surface area contributed by atoms with Crippen LogP contribution in [0.15, 0.2) is 4.79 Å². The fraction of sp³-hybridized carbons (Fsp3) is 0.300. The summed E-state index contributed by atoms with van der Waals surface area (Å²) in [7, 11) is 0. The maximum absolute atomic E-state index is 11.7. The molecule has 1 aromatic heterocycles. The minimum atomic E-state index is -0.697. The number of nitrogens with one attached hydrogen (secondary N) is 4. The molecule has 102 valence electrons. The van der Waals surface area contributed by atoms with Crippen molar-refractivity contribution in [2.75, 3.05) is 16.0 Å². The Hall–Kier alpha value is -2.71. The number of H-pyrrole nitrogens is 1. The van der Waals surface area contributed by atoms with Crippen LogP contribution in [0.2, 0.25) is 0 Å². The Labute approximate surface area is 107 Å². The monoisotopic (exact) mass is 267 g/mol. The highest BCUT2D eigenvalue weighted by atomic mass is 16.2. The van der Waals surface area contributed by atoms with Gasteiger partial charge in [-0.3, -0.25) is 29.5 Å². The van der Waals surface area contributed by atoms with Crippen LogP contribution in [-0.2, 0) is 14.4 Å². The molecule has 0 bridgehead atoms. The standard InChI is InChI=1S/C10H13N5O4/c1-4(16)11-7-8(12-5(2)17)14-10(13-6(3)18)15-9(7)19/h1-3H3,(H,11,16)(H3,12,13,14,15,17,18,19). The lowest BCUT2D eigenvalue weighted by atomic mass is 10.4. The van der Waals surface area contributed by atoms with E-state index in [9.17, 15) is 19.2 Å². The third-order valence-corrected chi connectivity index (χ3v) is 1.81. The highest BCUT2D eigenvalue weighted by Crippen LogP contribution is 2.15. The van der Waals surface area contributed by atoms with Crippen molar-refractivity contribution >= 4 is 35.2 Å². The molecule has 1 heterocycles. The molecule has 0 aliphatic heterocycles. The van der Waals surface area contributed by atoms with Gasteiger partial charge < -0.3 is 10.6 Å². The Kier molecular flexibility index (Phi) is 4.35. The van der Waals surface area contributed by atoms with E-state index in [0.717, 1.165) is 0 Å². The number of anilines is 3. The second kappa shape index (κ2) is 5.76. The summed E-state index contributed by atoms with van der Waals surface area (Å²) in [6, 6.07) is 0. The Morgan fingerprint density at radius 3 is 1.95 bits per heavy atom. The van der Waals surface area contributed by atoms with E-state index in [1.807, 2.05) is 0 Å². The number of amides is 3. The zero-order valence-corrected chi connectivity index (χ0v) is 10.6. The van der Waals surface area contributed by atoms with Gasteiger partial charge in [-0.05, 0) is 0 Å². The number of hydrogen-bond acceptors (Lipinski definition) is 5. The van der Waals surface area contributed by atoms with Gasteiger partial charge in [0.05, 0.1) is 0 Å². The Morgan fingerprint density at radius 1 is 0.947 bits per heavy atom. The second-order valence-electron chi connectivity index (χ2n) is 3.68. The average molecular weight is 267 g/mol. The first-order valence-corrected chi connectivity index (χ1v) is 5.26. The number of rotatable bonds is 3. The van der Waals surface area contributed by atoms with Crippen molar-refractivity contribution in [2.45, 2.75) is 20.8 Å². The highest BCUT2D eigenvalue weighted by Gasteiger charge is 2.14. The quantitative estimate of drug-likeness (QED) is 0.593. The van der Waals surface area contributed by atoms with Gasteiger partial charge in [-0.25, -0.2) is 0 Å². The van der Waals surface area contributed by atoms with E-state index in [1.54, 1.807) is 0 Å². The molecule has 0 spiro atoms. The van der Waals surface area contributed by atoms with E-state index in [4.69, 9.17) is 0 Å². The molecule has 0 atom stereocenters. The van der Waals surface area contributed by atoms with Crippen LogP contribution in [0.4, 0.5) is 17.5 Å². The third kappa shape index (κ3) is 4.22. The first-order chi connectivity index (χ1) is 8.79. The molecule has 9 heteroatoms. The summed E-state index contributed by atoms with van der Waals surface area (Å²) >= 11 is 0. The number of carbonyl (C=O) groups is 3. The summed E-state index contributed by atoms with van der Waals surface area (Å²) in [6.45, 7) is 3.66.